The van der Waals surface area contributed by atoms with Gasteiger partial charge in [-0.2, -0.15) is 0 Å². The Morgan fingerprint density at radius 2 is 2.29 bits per heavy atom. The Kier molecular flexibility index (Phi) is 5.81. The van der Waals surface area contributed by atoms with Crippen LogP contribution in [0.2, 0.25) is 0 Å². The third kappa shape index (κ3) is 4.18. The normalized spacial score (nSPS) is 11.9. The number of halogens is 2. The van der Waals surface area contributed by atoms with Crippen LogP contribution in [0.25, 0.3) is 0 Å². The topological polar surface area (TPSA) is 55.1 Å². The van der Waals surface area contributed by atoms with Crippen LogP contribution in [0.4, 0.5) is 5.69 Å². The first kappa shape index (κ1) is 14.8. The molecule has 1 rings (SSSR count). The van der Waals surface area contributed by atoms with Gasteiger partial charge in [-0.15, -0.1) is 0 Å². The fourth-order valence-electron chi connectivity index (χ4n) is 1.32. The SMILES string of the molecule is CCC(C(=O)Nc1ccc(I)c(Br)c1)C(N)=S. The molecule has 92 valence electrons. The predicted octanol–water partition coefficient (Wildman–Crippen LogP) is 3.30. The summed E-state index contributed by atoms with van der Waals surface area (Å²) in [6, 6.07) is 5.62. The average molecular weight is 427 g/mol. The molecular weight excluding hydrogens is 415 g/mol. The van der Waals surface area contributed by atoms with Crippen molar-refractivity contribution in [3.05, 3.63) is 26.2 Å². The van der Waals surface area contributed by atoms with Crippen LogP contribution in [-0.2, 0) is 4.79 Å². The van der Waals surface area contributed by atoms with Gasteiger partial charge < -0.3 is 11.1 Å². The molecule has 3 nitrogen and oxygen atoms in total. The minimum atomic E-state index is -0.414. The largest absolute Gasteiger partial charge is 0.393 e. The second-order valence-corrected chi connectivity index (χ2v) is 5.97. The molecule has 1 unspecified atom stereocenters. The third-order valence-corrected chi connectivity index (χ3v) is 4.88. The summed E-state index contributed by atoms with van der Waals surface area (Å²) in [6.07, 6.45) is 0.604. The number of benzene rings is 1. The number of thiocarbonyl (C=S) groups is 1. The maximum absolute atomic E-state index is 11.9. The quantitative estimate of drug-likeness (QED) is 0.573. The maximum atomic E-state index is 11.9. The summed E-state index contributed by atoms with van der Waals surface area (Å²) >= 11 is 10.5. The predicted molar refractivity (Wildman–Crippen MR) is 86.1 cm³/mol. The number of hydrogen-bond acceptors (Lipinski definition) is 2. The van der Waals surface area contributed by atoms with Crippen molar-refractivity contribution >= 4 is 67.3 Å². The van der Waals surface area contributed by atoms with E-state index in [1.54, 1.807) is 0 Å². The van der Waals surface area contributed by atoms with Crippen molar-refractivity contribution in [2.75, 3.05) is 5.32 Å². The van der Waals surface area contributed by atoms with Gasteiger partial charge in [0.1, 0.15) is 0 Å². The van der Waals surface area contributed by atoms with Gasteiger partial charge in [-0.25, -0.2) is 0 Å². The van der Waals surface area contributed by atoms with E-state index in [1.165, 1.54) is 0 Å². The Morgan fingerprint density at radius 3 is 2.76 bits per heavy atom. The van der Waals surface area contributed by atoms with E-state index in [2.05, 4.69) is 43.8 Å². The Hall–Kier alpha value is -0.210. The molecule has 0 aliphatic rings. The van der Waals surface area contributed by atoms with Crippen LogP contribution in [0, 0.1) is 9.49 Å². The summed E-state index contributed by atoms with van der Waals surface area (Å²) in [6.45, 7) is 1.88. The lowest BCUT2D eigenvalue weighted by molar-refractivity contribution is -0.118. The maximum Gasteiger partial charge on any atom is 0.234 e. The molecule has 1 aromatic carbocycles. The molecule has 0 aliphatic heterocycles. The number of nitrogens with one attached hydrogen (secondary N) is 1. The zero-order valence-electron chi connectivity index (χ0n) is 9.17. The highest BCUT2D eigenvalue weighted by molar-refractivity contribution is 14.1. The summed E-state index contributed by atoms with van der Waals surface area (Å²) < 4.78 is 2.03. The van der Waals surface area contributed by atoms with Crippen LogP contribution in [0.3, 0.4) is 0 Å². The lowest BCUT2D eigenvalue weighted by Gasteiger charge is -2.13. The number of amides is 1. The molecule has 0 aromatic heterocycles. The molecular formula is C11H12BrIN2OS. The second-order valence-electron chi connectivity index (χ2n) is 3.48. The fraction of sp³-hybridized carbons (Fsp3) is 0.273. The Balaban J connectivity index is 2.80. The molecule has 1 atom stereocenters. The van der Waals surface area contributed by atoms with Crippen LogP contribution in [0.15, 0.2) is 22.7 Å². The van der Waals surface area contributed by atoms with Crippen molar-refractivity contribution in [3.8, 4) is 0 Å². The van der Waals surface area contributed by atoms with Gasteiger partial charge in [-0.3, -0.25) is 4.79 Å². The summed E-state index contributed by atoms with van der Waals surface area (Å²) in [4.78, 5) is 12.1. The molecule has 0 saturated heterocycles. The Bertz CT molecular complexity index is 453. The van der Waals surface area contributed by atoms with E-state index in [1.807, 2.05) is 25.1 Å². The minimum Gasteiger partial charge on any atom is -0.393 e. The van der Waals surface area contributed by atoms with Crippen LogP contribution >= 0.6 is 50.7 Å². The molecule has 0 aliphatic carbocycles. The van der Waals surface area contributed by atoms with E-state index in [0.29, 0.717) is 6.42 Å². The standard InChI is InChI=1S/C11H12BrIN2OS/c1-2-7(10(14)17)11(16)15-6-3-4-9(13)8(12)5-6/h3-5,7H,2H2,1H3,(H2,14,17)(H,15,16). The lowest BCUT2D eigenvalue weighted by Crippen LogP contribution is -2.32. The van der Waals surface area contributed by atoms with Crippen LogP contribution in [0.5, 0.6) is 0 Å². The van der Waals surface area contributed by atoms with Crippen molar-refractivity contribution in [1.29, 1.82) is 0 Å². The van der Waals surface area contributed by atoms with Gasteiger partial charge in [-0.1, -0.05) is 19.1 Å². The van der Waals surface area contributed by atoms with E-state index < -0.39 is 5.92 Å². The zero-order chi connectivity index (χ0) is 13.0. The number of rotatable bonds is 4. The Labute approximate surface area is 128 Å². The first-order valence-electron chi connectivity index (χ1n) is 5.01. The number of carbonyl (C=O) groups is 1. The molecule has 3 N–H and O–H groups in total. The highest BCUT2D eigenvalue weighted by Gasteiger charge is 2.19. The molecule has 0 spiro atoms. The first-order chi connectivity index (χ1) is 7.95. The number of carbonyl (C=O) groups excluding carboxylic acids is 1. The molecule has 17 heavy (non-hydrogen) atoms. The monoisotopic (exact) mass is 426 g/mol. The molecule has 0 radical (unpaired) electrons. The third-order valence-electron chi connectivity index (χ3n) is 2.26. The van der Waals surface area contributed by atoms with E-state index in [0.717, 1.165) is 13.7 Å². The average Bonchev–Trinajstić information content (AvgIpc) is 2.24. The van der Waals surface area contributed by atoms with Crippen molar-refractivity contribution in [2.45, 2.75) is 13.3 Å². The highest BCUT2D eigenvalue weighted by atomic mass is 127. The fourth-order valence-corrected chi connectivity index (χ4v) is 2.31. The van der Waals surface area contributed by atoms with Crippen molar-refractivity contribution in [3.63, 3.8) is 0 Å². The lowest BCUT2D eigenvalue weighted by atomic mass is 10.1. The van der Waals surface area contributed by atoms with Crippen LogP contribution in [-0.4, -0.2) is 10.9 Å². The van der Waals surface area contributed by atoms with Gasteiger partial charge in [0.2, 0.25) is 5.91 Å². The summed E-state index contributed by atoms with van der Waals surface area (Å²) in [5.74, 6) is -0.573. The van der Waals surface area contributed by atoms with Crippen molar-refractivity contribution < 1.29 is 4.79 Å². The summed E-state index contributed by atoms with van der Waals surface area (Å²) in [5.41, 5.74) is 6.25. The van der Waals surface area contributed by atoms with E-state index in [-0.39, 0.29) is 10.9 Å². The Morgan fingerprint density at radius 1 is 1.65 bits per heavy atom. The van der Waals surface area contributed by atoms with Crippen molar-refractivity contribution in [2.24, 2.45) is 11.7 Å². The molecule has 1 aromatic rings. The molecule has 1 amide bonds. The van der Waals surface area contributed by atoms with Gasteiger partial charge in [0.25, 0.3) is 0 Å². The van der Waals surface area contributed by atoms with Gasteiger partial charge >= 0.3 is 0 Å². The number of nitrogens with two attached hydrogens (primary N) is 1. The van der Waals surface area contributed by atoms with Crippen LogP contribution < -0.4 is 11.1 Å². The van der Waals surface area contributed by atoms with E-state index in [9.17, 15) is 4.79 Å². The molecule has 0 heterocycles. The zero-order valence-corrected chi connectivity index (χ0v) is 13.7. The van der Waals surface area contributed by atoms with Gasteiger partial charge in [0.05, 0.1) is 10.9 Å². The van der Waals surface area contributed by atoms with E-state index >= 15 is 0 Å². The molecule has 0 fully saturated rings. The van der Waals surface area contributed by atoms with E-state index in [4.69, 9.17) is 18.0 Å². The minimum absolute atomic E-state index is 0.159. The molecule has 6 heteroatoms. The molecule has 0 bridgehead atoms. The molecule has 0 saturated carbocycles. The second kappa shape index (κ2) is 6.65. The number of hydrogen-bond donors (Lipinski definition) is 2. The van der Waals surface area contributed by atoms with Gasteiger partial charge in [0, 0.05) is 13.7 Å². The summed E-state index contributed by atoms with van der Waals surface area (Å²) in [7, 11) is 0. The summed E-state index contributed by atoms with van der Waals surface area (Å²) in [5, 5.41) is 2.80. The van der Waals surface area contributed by atoms with Crippen LogP contribution in [0.1, 0.15) is 13.3 Å². The van der Waals surface area contributed by atoms with Gasteiger partial charge in [0.15, 0.2) is 0 Å². The number of anilines is 1. The van der Waals surface area contributed by atoms with Crippen molar-refractivity contribution in [1.82, 2.24) is 0 Å². The first-order valence-corrected chi connectivity index (χ1v) is 7.29. The smallest absolute Gasteiger partial charge is 0.234 e. The highest BCUT2D eigenvalue weighted by Crippen LogP contribution is 2.23. The van der Waals surface area contributed by atoms with Gasteiger partial charge in [-0.05, 0) is 63.1 Å².